The van der Waals surface area contributed by atoms with Crippen molar-refractivity contribution in [1.29, 1.82) is 0 Å². The van der Waals surface area contributed by atoms with Gasteiger partial charge in [-0.2, -0.15) is 0 Å². The van der Waals surface area contributed by atoms with Gasteiger partial charge in [0.15, 0.2) is 5.13 Å². The molecule has 0 aliphatic heterocycles. The van der Waals surface area contributed by atoms with Crippen LogP contribution in [0.5, 0.6) is 0 Å². The highest BCUT2D eigenvalue weighted by atomic mass is 35.5. The second kappa shape index (κ2) is 9.09. The number of rotatable bonds is 5. The van der Waals surface area contributed by atoms with Crippen molar-refractivity contribution in [3.8, 4) is 0 Å². The molecule has 0 aliphatic rings. The third-order valence-corrected chi connectivity index (χ3v) is 5.97. The maximum absolute atomic E-state index is 13.6. The largest absolute Gasteiger partial charge is 0.308 e. The number of carbonyl (C=O) groups excluding carboxylic acids is 1. The highest BCUT2D eigenvalue weighted by Crippen LogP contribution is 2.34. The Morgan fingerprint density at radius 1 is 1.00 bits per heavy atom. The summed E-state index contributed by atoms with van der Waals surface area (Å²) in [6, 6.07) is 19.5. The molecular weight excluding hydrogens is 425 g/mol. The number of hydrogen-bond donors (Lipinski definition) is 0. The molecule has 4 nitrogen and oxygen atoms in total. The molecule has 0 aliphatic carbocycles. The zero-order valence-electron chi connectivity index (χ0n) is 16.1. The number of nitrogens with zero attached hydrogens (tertiary/aromatic N) is 3. The molecule has 4 aromatic rings. The van der Waals surface area contributed by atoms with Gasteiger partial charge in [-0.3, -0.25) is 9.69 Å². The molecule has 7 heteroatoms. The normalized spacial score (nSPS) is 11.0. The van der Waals surface area contributed by atoms with Gasteiger partial charge in [-0.25, -0.2) is 4.98 Å². The van der Waals surface area contributed by atoms with E-state index in [1.165, 1.54) is 11.3 Å². The Kier molecular flexibility index (Phi) is 6.75. The summed E-state index contributed by atoms with van der Waals surface area (Å²) in [5.41, 5.74) is 1.42. The topological polar surface area (TPSA) is 36.4 Å². The Morgan fingerprint density at radius 2 is 1.72 bits per heavy atom. The van der Waals surface area contributed by atoms with Crippen molar-refractivity contribution < 1.29 is 4.79 Å². The van der Waals surface area contributed by atoms with Gasteiger partial charge >= 0.3 is 0 Å². The minimum absolute atomic E-state index is 0. The number of carbonyl (C=O) groups is 1. The highest BCUT2D eigenvalue weighted by Gasteiger charge is 2.23. The summed E-state index contributed by atoms with van der Waals surface area (Å²) in [6.45, 7) is 1.28. The number of halogens is 2. The predicted octanol–water partition coefficient (Wildman–Crippen LogP) is 5.73. The molecule has 3 aromatic carbocycles. The van der Waals surface area contributed by atoms with Crippen LogP contribution in [0.15, 0.2) is 60.7 Å². The SMILES string of the molecule is CN(C)CCN(C(=O)c1cccc2ccccc12)c1nc2c(Cl)cccc2s1.Cl. The van der Waals surface area contributed by atoms with Crippen LogP contribution in [0.4, 0.5) is 5.13 Å². The third-order valence-electron chi connectivity index (χ3n) is 4.63. The Balaban J connectivity index is 0.00000240. The second-order valence-corrected chi connectivity index (χ2v) is 8.29. The Bertz CT molecular complexity index is 1150. The number of anilines is 1. The van der Waals surface area contributed by atoms with Gasteiger partial charge in [-0.15, -0.1) is 12.4 Å². The zero-order valence-corrected chi connectivity index (χ0v) is 18.5. The standard InChI is InChI=1S/C22H20ClN3OS.ClH/c1-25(2)13-14-26(22-24-20-18(23)11-6-12-19(20)28-22)21(27)17-10-5-8-15-7-3-4-9-16(15)17;/h3-12H,13-14H2,1-2H3;1H. The second-order valence-electron chi connectivity index (χ2n) is 6.87. The fourth-order valence-electron chi connectivity index (χ4n) is 3.16. The van der Waals surface area contributed by atoms with Crippen molar-refractivity contribution in [2.24, 2.45) is 0 Å². The molecule has 1 amide bonds. The van der Waals surface area contributed by atoms with Crippen LogP contribution < -0.4 is 4.90 Å². The average molecular weight is 446 g/mol. The van der Waals surface area contributed by atoms with E-state index in [0.29, 0.717) is 22.3 Å². The van der Waals surface area contributed by atoms with E-state index in [4.69, 9.17) is 16.6 Å². The van der Waals surface area contributed by atoms with E-state index in [0.717, 1.165) is 27.5 Å². The van der Waals surface area contributed by atoms with Crippen molar-refractivity contribution in [1.82, 2.24) is 9.88 Å². The molecule has 0 N–H and O–H groups in total. The van der Waals surface area contributed by atoms with Gasteiger partial charge in [-0.1, -0.05) is 65.4 Å². The van der Waals surface area contributed by atoms with E-state index in [2.05, 4.69) is 4.90 Å². The molecule has 0 radical (unpaired) electrons. The van der Waals surface area contributed by atoms with Gasteiger partial charge in [0.05, 0.1) is 9.72 Å². The van der Waals surface area contributed by atoms with E-state index >= 15 is 0 Å². The molecule has 0 atom stereocenters. The molecule has 1 heterocycles. The number of thiazole rings is 1. The molecule has 0 fully saturated rings. The maximum Gasteiger partial charge on any atom is 0.260 e. The van der Waals surface area contributed by atoms with Crippen molar-refractivity contribution in [3.05, 3.63) is 71.2 Å². The lowest BCUT2D eigenvalue weighted by atomic mass is 10.0. The van der Waals surface area contributed by atoms with E-state index in [9.17, 15) is 4.79 Å². The lowest BCUT2D eigenvalue weighted by molar-refractivity contribution is 0.0987. The van der Waals surface area contributed by atoms with E-state index in [1.807, 2.05) is 74.8 Å². The van der Waals surface area contributed by atoms with Gasteiger partial charge in [0.25, 0.3) is 5.91 Å². The summed E-state index contributed by atoms with van der Waals surface area (Å²) in [4.78, 5) is 22.1. The van der Waals surface area contributed by atoms with Gasteiger partial charge in [0.2, 0.25) is 0 Å². The minimum atomic E-state index is -0.0474. The third kappa shape index (κ3) is 4.38. The molecule has 0 unspecified atom stereocenters. The van der Waals surface area contributed by atoms with Crippen LogP contribution in [0.1, 0.15) is 10.4 Å². The Labute approximate surface area is 185 Å². The molecule has 29 heavy (non-hydrogen) atoms. The van der Waals surface area contributed by atoms with Crippen LogP contribution in [0.3, 0.4) is 0 Å². The average Bonchev–Trinajstić information content (AvgIpc) is 3.12. The van der Waals surface area contributed by atoms with Crippen molar-refractivity contribution in [2.45, 2.75) is 0 Å². The van der Waals surface area contributed by atoms with Gasteiger partial charge in [0.1, 0.15) is 5.52 Å². The Morgan fingerprint density at radius 3 is 2.48 bits per heavy atom. The number of amides is 1. The number of hydrogen-bond acceptors (Lipinski definition) is 4. The van der Waals surface area contributed by atoms with Crippen molar-refractivity contribution >= 4 is 67.4 Å². The first-order valence-corrected chi connectivity index (χ1v) is 10.2. The van der Waals surface area contributed by atoms with Crippen LogP contribution in [0.25, 0.3) is 21.0 Å². The number of benzene rings is 3. The number of fused-ring (bicyclic) bond motifs is 2. The van der Waals surface area contributed by atoms with Gasteiger partial charge in [-0.05, 0) is 43.1 Å². The predicted molar refractivity (Wildman–Crippen MR) is 126 cm³/mol. The zero-order chi connectivity index (χ0) is 19.7. The fraction of sp³-hybridized carbons (Fsp3) is 0.182. The maximum atomic E-state index is 13.6. The summed E-state index contributed by atoms with van der Waals surface area (Å²) in [5, 5.41) is 3.27. The van der Waals surface area contributed by atoms with Crippen molar-refractivity contribution in [3.63, 3.8) is 0 Å². The molecule has 0 spiro atoms. The van der Waals surface area contributed by atoms with Crippen LogP contribution in [-0.4, -0.2) is 43.0 Å². The van der Waals surface area contributed by atoms with Gasteiger partial charge < -0.3 is 4.90 Å². The van der Waals surface area contributed by atoms with Crippen LogP contribution in [0, 0.1) is 0 Å². The van der Waals surface area contributed by atoms with Crippen LogP contribution in [0.2, 0.25) is 5.02 Å². The first-order chi connectivity index (χ1) is 13.5. The van der Waals surface area contributed by atoms with Crippen LogP contribution in [-0.2, 0) is 0 Å². The molecule has 0 saturated heterocycles. The number of para-hydroxylation sites is 1. The van der Waals surface area contributed by atoms with Gasteiger partial charge in [0, 0.05) is 18.7 Å². The fourth-order valence-corrected chi connectivity index (χ4v) is 4.45. The number of likely N-dealkylation sites (N-methyl/N-ethyl adjacent to an activating group) is 1. The lowest BCUT2D eigenvalue weighted by Gasteiger charge is -2.22. The lowest BCUT2D eigenvalue weighted by Crippen LogP contribution is -2.36. The minimum Gasteiger partial charge on any atom is -0.308 e. The van der Waals surface area contributed by atoms with E-state index in [-0.39, 0.29) is 18.3 Å². The first-order valence-electron chi connectivity index (χ1n) is 9.04. The summed E-state index contributed by atoms with van der Waals surface area (Å²) in [5.74, 6) is -0.0474. The summed E-state index contributed by atoms with van der Waals surface area (Å²) in [7, 11) is 3.99. The van der Waals surface area contributed by atoms with Crippen molar-refractivity contribution in [2.75, 3.05) is 32.1 Å². The molecule has 1 aromatic heterocycles. The summed E-state index contributed by atoms with van der Waals surface area (Å²) in [6.07, 6.45) is 0. The van der Waals surface area contributed by atoms with E-state index < -0.39 is 0 Å². The van der Waals surface area contributed by atoms with Crippen LogP contribution >= 0.6 is 35.3 Å². The molecule has 4 rings (SSSR count). The molecular formula is C22H21Cl2N3OS. The Hall–Kier alpha value is -2.18. The van der Waals surface area contributed by atoms with E-state index in [1.54, 1.807) is 4.90 Å². The highest BCUT2D eigenvalue weighted by molar-refractivity contribution is 7.22. The summed E-state index contributed by atoms with van der Waals surface area (Å²) < 4.78 is 0.975. The first kappa shape index (κ1) is 21.5. The monoisotopic (exact) mass is 445 g/mol. The molecule has 0 saturated carbocycles. The molecule has 150 valence electrons. The smallest absolute Gasteiger partial charge is 0.260 e. The summed E-state index contributed by atoms with van der Waals surface area (Å²) >= 11 is 7.80. The number of aromatic nitrogens is 1. The quantitative estimate of drug-likeness (QED) is 0.393. The molecule has 0 bridgehead atoms.